The molecule has 0 bridgehead atoms. The van der Waals surface area contributed by atoms with Crippen LogP contribution in [-0.2, 0) is 0 Å². The van der Waals surface area contributed by atoms with Crippen LogP contribution < -0.4 is 22.1 Å². The monoisotopic (exact) mass is 297 g/mol. The van der Waals surface area contributed by atoms with Crippen LogP contribution in [0.2, 0.25) is 0 Å². The summed E-state index contributed by atoms with van der Waals surface area (Å²) in [6.45, 7) is 2.19. The van der Waals surface area contributed by atoms with Crippen molar-refractivity contribution in [3.63, 3.8) is 0 Å². The summed E-state index contributed by atoms with van der Waals surface area (Å²) in [5.74, 6) is 0. The fourth-order valence-corrected chi connectivity index (χ4v) is 2.44. The van der Waals surface area contributed by atoms with Gasteiger partial charge in [-0.2, -0.15) is 0 Å². The second-order valence-corrected chi connectivity index (χ2v) is 5.01. The molecular formula is C17H21N5. The maximum Gasteiger partial charge on any atom is 0.0637 e. The van der Waals surface area contributed by atoms with E-state index in [4.69, 9.17) is 14.2 Å². The number of hydrogen-bond acceptors (Lipinski definition) is 5. The zero-order chi connectivity index (χ0) is 17.1. The first kappa shape index (κ1) is 12.2. The first-order valence-corrected chi connectivity index (χ1v) is 7.36. The van der Waals surface area contributed by atoms with E-state index >= 15 is 0 Å². The first-order valence-electron chi connectivity index (χ1n) is 8.36. The lowest BCUT2D eigenvalue weighted by atomic mass is 10.0. The molecule has 0 unspecified atom stereocenters. The van der Waals surface area contributed by atoms with E-state index < -0.39 is 0 Å². The van der Waals surface area contributed by atoms with Crippen molar-refractivity contribution in [1.29, 1.82) is 0 Å². The summed E-state index contributed by atoms with van der Waals surface area (Å²) in [5.41, 5.74) is 12.8. The molecule has 0 saturated carbocycles. The van der Waals surface area contributed by atoms with E-state index in [0.29, 0.717) is 59.8 Å². The molecule has 0 fully saturated rings. The molecule has 5 nitrogen and oxygen atoms in total. The Labute approximate surface area is 132 Å². The van der Waals surface area contributed by atoms with Crippen molar-refractivity contribution in [2.24, 2.45) is 11.5 Å². The molecule has 0 saturated heterocycles. The molecule has 6 N–H and O–H groups in total. The van der Waals surface area contributed by atoms with Gasteiger partial charge in [-0.15, -0.1) is 0 Å². The fourth-order valence-electron chi connectivity index (χ4n) is 2.44. The van der Waals surface area contributed by atoms with Crippen LogP contribution in [0.15, 0.2) is 42.7 Å². The lowest BCUT2D eigenvalue weighted by Crippen LogP contribution is -2.14. The quantitative estimate of drug-likeness (QED) is 0.523. The maximum atomic E-state index is 8.64. The van der Waals surface area contributed by atoms with Gasteiger partial charge in [0.15, 0.2) is 0 Å². The van der Waals surface area contributed by atoms with Gasteiger partial charge in [0.1, 0.15) is 0 Å². The van der Waals surface area contributed by atoms with Gasteiger partial charge in [-0.25, -0.2) is 0 Å². The highest BCUT2D eigenvalue weighted by Crippen LogP contribution is 2.33. The Bertz CT molecular complexity index is 810. The van der Waals surface area contributed by atoms with E-state index in [9.17, 15) is 0 Å². The van der Waals surface area contributed by atoms with Gasteiger partial charge in [-0.3, -0.25) is 4.98 Å². The molecule has 5 heteroatoms. The van der Waals surface area contributed by atoms with Crippen LogP contribution in [0, 0.1) is 0 Å². The van der Waals surface area contributed by atoms with Crippen molar-refractivity contribution < 1.29 is 2.74 Å². The fraction of sp³-hybridized carbons (Fsp3) is 0.235. The number of aromatic nitrogens is 1. The minimum Gasteiger partial charge on any atom is -0.383 e. The van der Waals surface area contributed by atoms with E-state index in [2.05, 4.69) is 15.6 Å². The van der Waals surface area contributed by atoms with Crippen LogP contribution in [0.1, 0.15) is 2.74 Å². The molecule has 1 heterocycles. The number of benzene rings is 2. The third-order valence-corrected chi connectivity index (χ3v) is 3.47. The Kier molecular flexibility index (Phi) is 3.66. The number of fused-ring (bicyclic) bond motifs is 2. The molecule has 0 aliphatic heterocycles. The molecule has 1 aromatic heterocycles. The Morgan fingerprint density at radius 2 is 1.50 bits per heavy atom. The highest BCUT2D eigenvalue weighted by Gasteiger charge is 2.07. The molecular weight excluding hydrogens is 274 g/mol. The molecule has 3 aromatic rings. The average molecular weight is 297 g/mol. The summed E-state index contributed by atoms with van der Waals surface area (Å²) in [4.78, 5) is 4.11. The number of nitrogens with one attached hydrogen (secondary N) is 2. The van der Waals surface area contributed by atoms with Crippen molar-refractivity contribution in [1.82, 2.24) is 4.98 Å². The number of hydrogen-bond donors (Lipinski definition) is 4. The Hall–Kier alpha value is -2.37. The van der Waals surface area contributed by atoms with Gasteiger partial charge < -0.3 is 22.1 Å². The second kappa shape index (κ2) is 6.60. The minimum absolute atomic E-state index is 0.361. The van der Waals surface area contributed by atoms with E-state index in [1.165, 1.54) is 0 Å². The average Bonchev–Trinajstić information content (AvgIpc) is 2.62. The van der Waals surface area contributed by atoms with Gasteiger partial charge in [0.05, 0.1) is 2.74 Å². The maximum absolute atomic E-state index is 8.64. The molecule has 0 spiro atoms. The van der Waals surface area contributed by atoms with Gasteiger partial charge in [-0.1, -0.05) is 0 Å². The zero-order valence-corrected chi connectivity index (χ0v) is 12.3. The summed E-state index contributed by atoms with van der Waals surface area (Å²) in [7, 11) is 0. The number of anilines is 2. The molecule has 0 radical (unpaired) electrons. The van der Waals surface area contributed by atoms with Gasteiger partial charge in [-0.05, 0) is 35.7 Å². The van der Waals surface area contributed by atoms with Gasteiger partial charge in [0.25, 0.3) is 0 Å². The first-order chi connectivity index (χ1) is 11.7. The summed E-state index contributed by atoms with van der Waals surface area (Å²) >= 11 is 0. The predicted octanol–water partition coefficient (Wildman–Crippen LogP) is 2.13. The van der Waals surface area contributed by atoms with Crippen molar-refractivity contribution in [2.45, 2.75) is 0 Å². The molecule has 0 aliphatic rings. The lowest BCUT2D eigenvalue weighted by molar-refractivity contribution is 1.02. The Balaban J connectivity index is 2.36. The molecule has 3 rings (SSSR count). The van der Waals surface area contributed by atoms with Gasteiger partial charge in [0.2, 0.25) is 0 Å². The highest BCUT2D eigenvalue weighted by atomic mass is 14.9. The van der Waals surface area contributed by atoms with Crippen molar-refractivity contribution in [3.05, 3.63) is 42.7 Å². The molecule has 0 amide bonds. The molecule has 2 aromatic carbocycles. The van der Waals surface area contributed by atoms with Gasteiger partial charge in [0, 0.05) is 66.1 Å². The number of rotatable bonds is 6. The smallest absolute Gasteiger partial charge is 0.0637 e. The van der Waals surface area contributed by atoms with Crippen LogP contribution in [-0.4, -0.2) is 31.2 Å². The van der Waals surface area contributed by atoms with E-state index in [1.807, 2.05) is 12.1 Å². The number of nitrogens with zero attached hydrogens (tertiary/aromatic N) is 1. The molecule has 0 atom stereocenters. The largest absolute Gasteiger partial charge is 0.383 e. The normalized spacial score (nSPS) is 12.3. The SMILES string of the molecule is [2H]c1c2ccncc2c([2H])c2c(NCCN)ccc(NCCN)c12. The minimum atomic E-state index is 0.361. The Morgan fingerprint density at radius 3 is 2.09 bits per heavy atom. The standard InChI is InChI=1S/C17H21N5/c18-4-7-21-16-1-2-17(22-8-5-19)15-10-13-11-20-6-3-12(13)9-14(15)16/h1-3,6,9-11,21-22H,4-5,7-8,18-19H2/i9D,10D. The number of nitrogens with two attached hydrogens (primary N) is 2. The third-order valence-electron chi connectivity index (χ3n) is 3.47. The zero-order valence-electron chi connectivity index (χ0n) is 14.3. The van der Waals surface area contributed by atoms with Crippen LogP contribution in [0.25, 0.3) is 21.5 Å². The van der Waals surface area contributed by atoms with Crippen molar-refractivity contribution in [3.8, 4) is 0 Å². The molecule has 0 aliphatic carbocycles. The van der Waals surface area contributed by atoms with E-state index in [0.717, 1.165) is 11.4 Å². The second-order valence-electron chi connectivity index (χ2n) is 5.01. The van der Waals surface area contributed by atoms with Crippen LogP contribution >= 0.6 is 0 Å². The third kappa shape index (κ3) is 2.81. The number of pyridine rings is 1. The van der Waals surface area contributed by atoms with E-state index in [1.54, 1.807) is 18.5 Å². The predicted molar refractivity (Wildman–Crippen MR) is 94.3 cm³/mol. The van der Waals surface area contributed by atoms with Crippen molar-refractivity contribution in [2.75, 3.05) is 36.8 Å². The molecule has 22 heavy (non-hydrogen) atoms. The molecule has 114 valence electrons. The summed E-state index contributed by atoms with van der Waals surface area (Å²) in [5, 5.41) is 9.32. The lowest BCUT2D eigenvalue weighted by Gasteiger charge is -2.15. The highest BCUT2D eigenvalue weighted by molar-refractivity contribution is 6.08. The Morgan fingerprint density at radius 1 is 0.909 bits per heavy atom. The summed E-state index contributed by atoms with van der Waals surface area (Å²) in [6, 6.07) is 6.36. The topological polar surface area (TPSA) is 89.0 Å². The van der Waals surface area contributed by atoms with Crippen LogP contribution in [0.5, 0.6) is 0 Å². The van der Waals surface area contributed by atoms with Crippen molar-refractivity contribution >= 4 is 32.9 Å². The van der Waals surface area contributed by atoms with Crippen LogP contribution in [0.3, 0.4) is 0 Å². The summed E-state index contributed by atoms with van der Waals surface area (Å²) < 4.78 is 17.3. The van der Waals surface area contributed by atoms with E-state index in [-0.39, 0.29) is 0 Å². The van der Waals surface area contributed by atoms with Gasteiger partial charge >= 0.3 is 0 Å². The van der Waals surface area contributed by atoms with Crippen LogP contribution in [0.4, 0.5) is 11.4 Å². The summed E-state index contributed by atoms with van der Waals surface area (Å²) in [6.07, 6.45) is 3.29.